The zero-order chi connectivity index (χ0) is 29.0. The van der Waals surface area contributed by atoms with E-state index in [9.17, 15) is 22.4 Å². The van der Waals surface area contributed by atoms with Crippen LogP contribution in [0.4, 0.5) is 28.9 Å². The third kappa shape index (κ3) is 6.45. The van der Waals surface area contributed by atoms with Crippen LogP contribution in [0.3, 0.4) is 0 Å². The maximum Gasteiger partial charge on any atom is 0.490 e. The second-order valence-electron chi connectivity index (χ2n) is 9.32. The number of nitrogens with one attached hydrogen (secondary N) is 2. The number of aliphatic carboxylic acids is 1. The Bertz CT molecular complexity index is 1530. The van der Waals surface area contributed by atoms with E-state index in [1.165, 1.54) is 6.07 Å². The monoisotopic (exact) mass is 561 g/mol. The number of amides is 1. The number of aromatic nitrogens is 4. The van der Waals surface area contributed by atoms with Crippen molar-refractivity contribution in [1.82, 2.24) is 24.7 Å². The quantitative estimate of drug-likeness (QED) is 0.312. The van der Waals surface area contributed by atoms with Gasteiger partial charge in [-0.05, 0) is 51.4 Å². The van der Waals surface area contributed by atoms with E-state index < -0.39 is 18.0 Å². The molecular weight excluding hydrogens is 534 g/mol. The number of rotatable bonds is 5. The fraction of sp³-hybridized carbons (Fsp3) is 0.346. The number of fused-ring (bicyclic) bond motifs is 2. The number of aryl methyl sites for hydroxylation is 1. The summed E-state index contributed by atoms with van der Waals surface area (Å²) in [6.45, 7) is 4.69. The molecule has 3 aromatic heterocycles. The fourth-order valence-corrected chi connectivity index (χ4v) is 4.59. The van der Waals surface area contributed by atoms with E-state index in [0.29, 0.717) is 33.9 Å². The molecule has 0 radical (unpaired) electrons. The van der Waals surface area contributed by atoms with Crippen LogP contribution in [0.1, 0.15) is 28.9 Å². The van der Waals surface area contributed by atoms with Crippen molar-refractivity contribution >= 4 is 39.9 Å². The lowest BCUT2D eigenvalue weighted by atomic mass is 9.96. The van der Waals surface area contributed by atoms with Crippen LogP contribution in [0.5, 0.6) is 0 Å². The minimum absolute atomic E-state index is 0.227. The molecule has 4 aromatic rings. The van der Waals surface area contributed by atoms with Gasteiger partial charge in [-0.15, -0.1) is 0 Å². The zero-order valence-corrected chi connectivity index (χ0v) is 21.7. The highest BCUT2D eigenvalue weighted by Gasteiger charge is 2.38. The predicted molar refractivity (Wildman–Crippen MR) is 140 cm³/mol. The Morgan fingerprint density at radius 1 is 1.10 bits per heavy atom. The molecule has 1 aliphatic rings. The first-order chi connectivity index (χ1) is 19.0. The standard InChI is InChI=1S/C24H26FN7O.C2HF3O2/c1-15-13-32-14-17(11-19(25)23(32)29-15)30-24(33)18-3-4-20(22-21(18)27-7-8-28-22)31-9-5-16(6-10-31)12-26-2;3-2(4,5)1(6)7/h3-4,7-8,11,13-14,16,26H,5-6,9-10,12H2,1-2H3,(H,30,33);(H,6,7). The maximum absolute atomic E-state index is 14.4. The van der Waals surface area contributed by atoms with Gasteiger partial charge in [-0.3, -0.25) is 14.8 Å². The van der Waals surface area contributed by atoms with E-state index in [1.807, 2.05) is 13.1 Å². The summed E-state index contributed by atoms with van der Waals surface area (Å²) in [6, 6.07) is 4.99. The maximum atomic E-state index is 14.4. The molecule has 1 amide bonds. The summed E-state index contributed by atoms with van der Waals surface area (Å²) in [5, 5.41) is 13.2. The van der Waals surface area contributed by atoms with Crippen molar-refractivity contribution in [2.45, 2.75) is 25.9 Å². The van der Waals surface area contributed by atoms with E-state index in [2.05, 4.69) is 30.5 Å². The highest BCUT2D eigenvalue weighted by atomic mass is 19.4. The van der Waals surface area contributed by atoms with Gasteiger partial charge in [0.15, 0.2) is 11.5 Å². The van der Waals surface area contributed by atoms with Crippen LogP contribution >= 0.6 is 0 Å². The number of anilines is 2. The SMILES string of the molecule is CNCC1CCN(c2ccc(C(=O)Nc3cc(F)c4nc(C)cn4c3)c3nccnc23)CC1.O=C(O)C(F)(F)F. The summed E-state index contributed by atoms with van der Waals surface area (Å²) in [5.74, 6) is -2.95. The number of carboxylic acid groups (broad SMARTS) is 1. The molecule has 0 bridgehead atoms. The molecule has 0 atom stereocenters. The molecule has 1 aromatic carbocycles. The molecule has 1 fully saturated rings. The number of carboxylic acids is 1. The number of hydrogen-bond acceptors (Lipinski definition) is 7. The minimum Gasteiger partial charge on any atom is -0.475 e. The normalized spacial score (nSPS) is 14.2. The lowest BCUT2D eigenvalue weighted by molar-refractivity contribution is -0.192. The average molecular weight is 562 g/mol. The first-order valence-corrected chi connectivity index (χ1v) is 12.4. The van der Waals surface area contributed by atoms with E-state index >= 15 is 0 Å². The lowest BCUT2D eigenvalue weighted by Crippen LogP contribution is -2.36. The van der Waals surface area contributed by atoms with Gasteiger partial charge < -0.3 is 25.0 Å². The van der Waals surface area contributed by atoms with Gasteiger partial charge in [0.05, 0.1) is 22.6 Å². The van der Waals surface area contributed by atoms with Gasteiger partial charge in [0, 0.05) is 43.9 Å². The third-order valence-corrected chi connectivity index (χ3v) is 6.42. The van der Waals surface area contributed by atoms with E-state index in [4.69, 9.17) is 9.90 Å². The summed E-state index contributed by atoms with van der Waals surface area (Å²) in [5.41, 5.74) is 3.88. The number of imidazole rings is 1. The number of pyridine rings is 1. The van der Waals surface area contributed by atoms with Gasteiger partial charge in [-0.2, -0.15) is 13.2 Å². The number of hydrogen-bond donors (Lipinski definition) is 3. The Balaban J connectivity index is 0.000000470. The number of halogens is 4. The first kappa shape index (κ1) is 28.7. The summed E-state index contributed by atoms with van der Waals surface area (Å²) in [4.78, 5) is 37.5. The average Bonchev–Trinajstić information content (AvgIpc) is 3.29. The van der Waals surface area contributed by atoms with Gasteiger partial charge in [0.25, 0.3) is 5.91 Å². The Hall–Kier alpha value is -4.33. The predicted octanol–water partition coefficient (Wildman–Crippen LogP) is 4.05. The van der Waals surface area contributed by atoms with Crippen LogP contribution in [0.15, 0.2) is 43.0 Å². The van der Waals surface area contributed by atoms with E-state index in [-0.39, 0.29) is 11.6 Å². The Kier molecular flexibility index (Phi) is 8.47. The van der Waals surface area contributed by atoms with Gasteiger partial charge in [-0.1, -0.05) is 0 Å². The van der Waals surface area contributed by atoms with Crippen LogP contribution < -0.4 is 15.5 Å². The zero-order valence-electron chi connectivity index (χ0n) is 21.7. The Labute approximate surface area is 226 Å². The second kappa shape index (κ2) is 11.8. The second-order valence-corrected chi connectivity index (χ2v) is 9.32. The minimum atomic E-state index is -5.08. The van der Waals surface area contributed by atoms with Crippen molar-refractivity contribution in [2.75, 3.05) is 36.9 Å². The van der Waals surface area contributed by atoms with Crippen molar-refractivity contribution < 1.29 is 32.3 Å². The highest BCUT2D eigenvalue weighted by molar-refractivity contribution is 6.13. The molecule has 3 N–H and O–H groups in total. The van der Waals surface area contributed by atoms with Crippen molar-refractivity contribution in [3.63, 3.8) is 0 Å². The Morgan fingerprint density at radius 3 is 2.38 bits per heavy atom. The summed E-state index contributed by atoms with van der Waals surface area (Å²) in [6.07, 6.45) is 3.71. The van der Waals surface area contributed by atoms with E-state index in [1.54, 1.807) is 42.2 Å². The third-order valence-electron chi connectivity index (χ3n) is 6.42. The molecule has 10 nitrogen and oxygen atoms in total. The number of carbonyl (C=O) groups excluding carboxylic acids is 1. The van der Waals surface area contributed by atoms with Crippen LogP contribution in [0, 0.1) is 18.7 Å². The molecule has 1 saturated heterocycles. The molecular formula is C26H27F4N7O3. The van der Waals surface area contributed by atoms with Crippen molar-refractivity contribution in [2.24, 2.45) is 5.92 Å². The molecule has 5 rings (SSSR count). The molecule has 40 heavy (non-hydrogen) atoms. The van der Waals surface area contributed by atoms with Crippen LogP contribution in [0.25, 0.3) is 16.7 Å². The lowest BCUT2D eigenvalue weighted by Gasteiger charge is -2.34. The largest absolute Gasteiger partial charge is 0.490 e. The fourth-order valence-electron chi connectivity index (χ4n) is 4.59. The molecule has 0 unspecified atom stereocenters. The number of piperidine rings is 1. The number of alkyl halides is 3. The molecule has 4 heterocycles. The van der Waals surface area contributed by atoms with E-state index in [0.717, 1.165) is 38.2 Å². The summed E-state index contributed by atoms with van der Waals surface area (Å²) < 4.78 is 47.7. The van der Waals surface area contributed by atoms with Crippen LogP contribution in [-0.4, -0.2) is 69.2 Å². The van der Waals surface area contributed by atoms with Crippen molar-refractivity contribution in [3.05, 3.63) is 60.1 Å². The van der Waals surface area contributed by atoms with Crippen molar-refractivity contribution in [3.8, 4) is 0 Å². The molecule has 212 valence electrons. The number of carbonyl (C=O) groups is 2. The smallest absolute Gasteiger partial charge is 0.475 e. The van der Waals surface area contributed by atoms with Crippen molar-refractivity contribution in [1.29, 1.82) is 0 Å². The highest BCUT2D eigenvalue weighted by Crippen LogP contribution is 2.30. The Morgan fingerprint density at radius 2 is 1.75 bits per heavy atom. The van der Waals surface area contributed by atoms with Gasteiger partial charge >= 0.3 is 12.1 Å². The summed E-state index contributed by atoms with van der Waals surface area (Å²) in [7, 11) is 1.99. The van der Waals surface area contributed by atoms with Gasteiger partial charge in [0.1, 0.15) is 11.0 Å². The van der Waals surface area contributed by atoms with Gasteiger partial charge in [-0.25, -0.2) is 14.2 Å². The van der Waals surface area contributed by atoms with Gasteiger partial charge in [0.2, 0.25) is 0 Å². The molecule has 0 spiro atoms. The molecule has 0 saturated carbocycles. The number of benzene rings is 1. The first-order valence-electron chi connectivity index (χ1n) is 12.4. The van der Waals surface area contributed by atoms with Crippen LogP contribution in [0.2, 0.25) is 0 Å². The van der Waals surface area contributed by atoms with Crippen LogP contribution in [-0.2, 0) is 4.79 Å². The summed E-state index contributed by atoms with van der Waals surface area (Å²) >= 11 is 0. The topological polar surface area (TPSA) is 125 Å². The molecule has 0 aliphatic carbocycles. The number of nitrogens with zero attached hydrogens (tertiary/aromatic N) is 5. The molecule has 14 heteroatoms. The molecule has 1 aliphatic heterocycles.